The van der Waals surface area contributed by atoms with E-state index in [4.69, 9.17) is 4.74 Å². The molecule has 2 aliphatic rings. The van der Waals surface area contributed by atoms with Crippen molar-refractivity contribution in [3.05, 3.63) is 81.8 Å². The SMILES string of the molecule is CCOC(=O)C1=C(CN2CCN(C(=O)c3cccc(F)c3)CC2)N(CC)C(=O)NC1c1ccc(C)cc1C. The van der Waals surface area contributed by atoms with Crippen molar-refractivity contribution < 1.29 is 23.5 Å². The summed E-state index contributed by atoms with van der Waals surface area (Å²) in [6.07, 6.45) is 0. The Morgan fingerprint density at radius 1 is 1.05 bits per heavy atom. The van der Waals surface area contributed by atoms with Crippen molar-refractivity contribution in [3.63, 3.8) is 0 Å². The van der Waals surface area contributed by atoms with Crippen LogP contribution < -0.4 is 5.32 Å². The number of halogens is 1. The Morgan fingerprint density at radius 3 is 2.42 bits per heavy atom. The van der Waals surface area contributed by atoms with Gasteiger partial charge in [-0.05, 0) is 57.0 Å². The van der Waals surface area contributed by atoms with E-state index in [1.54, 1.807) is 22.8 Å². The number of hydrogen-bond acceptors (Lipinski definition) is 5. The summed E-state index contributed by atoms with van der Waals surface area (Å²) in [5.74, 6) is -1.11. The molecule has 1 atom stereocenters. The second-order valence-electron chi connectivity index (χ2n) is 9.65. The van der Waals surface area contributed by atoms with Crippen LogP contribution >= 0.6 is 0 Å². The molecule has 1 unspecified atom stereocenters. The van der Waals surface area contributed by atoms with Gasteiger partial charge in [0.1, 0.15) is 5.82 Å². The maximum absolute atomic E-state index is 13.6. The second-order valence-corrected chi connectivity index (χ2v) is 9.65. The number of esters is 1. The van der Waals surface area contributed by atoms with Crippen LogP contribution in [0.2, 0.25) is 0 Å². The van der Waals surface area contributed by atoms with Crippen LogP contribution in [-0.4, -0.2) is 78.5 Å². The van der Waals surface area contributed by atoms with Crippen LogP contribution in [0.1, 0.15) is 46.9 Å². The molecule has 38 heavy (non-hydrogen) atoms. The first-order valence-corrected chi connectivity index (χ1v) is 13.1. The molecule has 0 spiro atoms. The normalized spacial score (nSPS) is 18.4. The number of amides is 3. The Labute approximate surface area is 223 Å². The van der Waals surface area contributed by atoms with E-state index in [1.165, 1.54) is 18.2 Å². The van der Waals surface area contributed by atoms with Gasteiger partial charge in [0.05, 0.1) is 18.2 Å². The zero-order valence-electron chi connectivity index (χ0n) is 22.4. The quantitative estimate of drug-likeness (QED) is 0.560. The summed E-state index contributed by atoms with van der Waals surface area (Å²) >= 11 is 0. The third-order valence-electron chi connectivity index (χ3n) is 7.09. The highest BCUT2D eigenvalue weighted by atomic mass is 19.1. The predicted molar refractivity (Wildman–Crippen MR) is 142 cm³/mol. The third kappa shape index (κ3) is 5.72. The van der Waals surface area contributed by atoms with E-state index in [0.717, 1.165) is 16.7 Å². The molecule has 9 heteroatoms. The maximum Gasteiger partial charge on any atom is 0.338 e. The fraction of sp³-hybridized carbons (Fsp3) is 0.414. The molecule has 1 saturated heterocycles. The summed E-state index contributed by atoms with van der Waals surface area (Å²) in [6, 6.07) is 10.8. The lowest BCUT2D eigenvalue weighted by molar-refractivity contribution is -0.139. The molecule has 4 rings (SSSR count). The molecular weight excluding hydrogens is 487 g/mol. The van der Waals surface area contributed by atoms with Gasteiger partial charge in [0.25, 0.3) is 5.91 Å². The average molecular weight is 523 g/mol. The molecule has 3 amide bonds. The van der Waals surface area contributed by atoms with Gasteiger partial charge in [0.15, 0.2) is 0 Å². The number of nitrogens with one attached hydrogen (secondary N) is 1. The molecule has 2 aromatic rings. The van der Waals surface area contributed by atoms with Gasteiger partial charge in [-0.15, -0.1) is 0 Å². The van der Waals surface area contributed by atoms with E-state index < -0.39 is 17.8 Å². The Hall–Kier alpha value is -3.72. The largest absolute Gasteiger partial charge is 0.463 e. The summed E-state index contributed by atoms with van der Waals surface area (Å²) in [5.41, 5.74) is 4.29. The number of hydrogen-bond donors (Lipinski definition) is 1. The number of nitrogens with zero attached hydrogens (tertiary/aromatic N) is 3. The maximum atomic E-state index is 13.6. The Balaban J connectivity index is 1.62. The van der Waals surface area contributed by atoms with Gasteiger partial charge in [0.2, 0.25) is 0 Å². The summed E-state index contributed by atoms with van der Waals surface area (Å²) in [4.78, 5) is 44.9. The molecule has 0 aromatic heterocycles. The minimum atomic E-state index is -0.629. The van der Waals surface area contributed by atoms with Gasteiger partial charge in [-0.1, -0.05) is 29.8 Å². The average Bonchev–Trinajstić information content (AvgIpc) is 2.89. The van der Waals surface area contributed by atoms with Crippen LogP contribution in [0.3, 0.4) is 0 Å². The smallest absolute Gasteiger partial charge is 0.338 e. The highest BCUT2D eigenvalue weighted by Gasteiger charge is 2.39. The van der Waals surface area contributed by atoms with Gasteiger partial charge in [-0.25, -0.2) is 14.0 Å². The highest BCUT2D eigenvalue weighted by molar-refractivity contribution is 5.95. The van der Waals surface area contributed by atoms with Gasteiger partial charge in [0, 0.05) is 50.5 Å². The molecule has 202 valence electrons. The van der Waals surface area contributed by atoms with Crippen molar-refractivity contribution in [2.75, 3.05) is 45.9 Å². The Morgan fingerprint density at radius 2 is 1.79 bits per heavy atom. The Kier molecular flexibility index (Phi) is 8.46. The first kappa shape index (κ1) is 27.3. The van der Waals surface area contributed by atoms with Gasteiger partial charge >= 0.3 is 12.0 Å². The lowest BCUT2D eigenvalue weighted by atomic mass is 9.90. The van der Waals surface area contributed by atoms with Crippen molar-refractivity contribution in [2.45, 2.75) is 33.7 Å². The fourth-order valence-electron chi connectivity index (χ4n) is 5.17. The number of carbonyl (C=O) groups excluding carboxylic acids is 3. The van der Waals surface area contributed by atoms with E-state index in [2.05, 4.69) is 10.2 Å². The van der Waals surface area contributed by atoms with Gasteiger partial charge < -0.3 is 15.0 Å². The summed E-state index contributed by atoms with van der Waals surface area (Å²) < 4.78 is 19.1. The minimum absolute atomic E-state index is 0.210. The first-order chi connectivity index (χ1) is 18.2. The van der Waals surface area contributed by atoms with Crippen LogP contribution in [0, 0.1) is 19.7 Å². The summed E-state index contributed by atoms with van der Waals surface area (Å²) in [6.45, 7) is 10.6. The molecule has 8 nitrogen and oxygen atoms in total. The number of piperazine rings is 1. The van der Waals surface area contributed by atoms with Crippen LogP contribution in [-0.2, 0) is 9.53 Å². The number of benzene rings is 2. The fourth-order valence-corrected chi connectivity index (χ4v) is 5.17. The van der Waals surface area contributed by atoms with E-state index in [1.807, 2.05) is 39.0 Å². The van der Waals surface area contributed by atoms with Crippen molar-refractivity contribution in [1.82, 2.24) is 20.0 Å². The molecule has 2 aromatic carbocycles. The van der Waals surface area contributed by atoms with Crippen molar-refractivity contribution >= 4 is 17.9 Å². The van der Waals surface area contributed by atoms with E-state index in [-0.39, 0.29) is 18.5 Å². The molecule has 1 fully saturated rings. The van der Waals surface area contributed by atoms with Gasteiger partial charge in [-0.2, -0.15) is 0 Å². The summed E-state index contributed by atoms with van der Waals surface area (Å²) in [7, 11) is 0. The Bertz CT molecular complexity index is 1250. The van der Waals surface area contributed by atoms with Crippen LogP contribution in [0.15, 0.2) is 53.7 Å². The molecule has 2 aliphatic heterocycles. The number of ether oxygens (including phenoxy) is 1. The molecule has 0 bridgehead atoms. The molecule has 0 saturated carbocycles. The monoisotopic (exact) mass is 522 g/mol. The van der Waals surface area contributed by atoms with Crippen molar-refractivity contribution in [3.8, 4) is 0 Å². The number of rotatable bonds is 7. The number of aryl methyl sites for hydroxylation is 2. The van der Waals surface area contributed by atoms with E-state index in [0.29, 0.717) is 56.1 Å². The molecule has 0 aliphatic carbocycles. The van der Waals surface area contributed by atoms with E-state index in [9.17, 15) is 18.8 Å². The van der Waals surface area contributed by atoms with Crippen LogP contribution in [0.5, 0.6) is 0 Å². The molecular formula is C29H35FN4O4. The van der Waals surface area contributed by atoms with Crippen molar-refractivity contribution in [1.29, 1.82) is 0 Å². The van der Waals surface area contributed by atoms with Crippen molar-refractivity contribution in [2.24, 2.45) is 0 Å². The predicted octanol–water partition coefficient (Wildman–Crippen LogP) is 3.80. The zero-order chi connectivity index (χ0) is 27.4. The third-order valence-corrected chi connectivity index (χ3v) is 7.09. The zero-order valence-corrected chi connectivity index (χ0v) is 22.4. The lowest BCUT2D eigenvalue weighted by Crippen LogP contribution is -2.53. The topological polar surface area (TPSA) is 82.2 Å². The number of carbonyl (C=O) groups is 3. The standard InChI is InChI=1S/C29H35FN4O4/c1-5-34-24(18-32-12-14-33(15-13-32)27(35)21-8-7-9-22(30)17-21)25(28(36)38-6-2)26(31-29(34)37)23-11-10-19(3)16-20(23)4/h7-11,16-17,26H,5-6,12-15,18H2,1-4H3,(H,31,37). The molecule has 0 radical (unpaired) electrons. The van der Waals surface area contributed by atoms with Gasteiger partial charge in [-0.3, -0.25) is 14.6 Å². The molecule has 1 N–H and O–H groups in total. The minimum Gasteiger partial charge on any atom is -0.463 e. The molecule has 2 heterocycles. The summed E-state index contributed by atoms with van der Waals surface area (Å²) in [5, 5.41) is 3.02. The first-order valence-electron chi connectivity index (χ1n) is 13.1. The highest BCUT2D eigenvalue weighted by Crippen LogP contribution is 2.34. The van der Waals surface area contributed by atoms with Crippen LogP contribution in [0.25, 0.3) is 0 Å². The number of urea groups is 1. The number of likely N-dealkylation sites (N-methyl/N-ethyl adjacent to an activating group) is 1. The second kappa shape index (κ2) is 11.8. The lowest BCUT2D eigenvalue weighted by Gasteiger charge is -2.40. The van der Waals surface area contributed by atoms with Crippen LogP contribution in [0.4, 0.5) is 9.18 Å². The van der Waals surface area contributed by atoms with E-state index >= 15 is 0 Å².